The minimum Gasteiger partial charge on any atom is -0.343 e. The first-order valence-electron chi connectivity index (χ1n) is 8.72. The van der Waals surface area contributed by atoms with E-state index in [2.05, 4.69) is 35.9 Å². The van der Waals surface area contributed by atoms with Crippen LogP contribution in [0, 0.1) is 0 Å². The number of likely N-dealkylation sites (tertiary alicyclic amines) is 2. The molecule has 0 bridgehead atoms. The molecular weight excluding hydrogens is 262 g/mol. The van der Waals surface area contributed by atoms with E-state index in [9.17, 15) is 4.79 Å². The van der Waals surface area contributed by atoms with E-state index in [-0.39, 0.29) is 5.54 Å². The van der Waals surface area contributed by atoms with E-state index in [1.54, 1.807) is 0 Å². The van der Waals surface area contributed by atoms with Crippen molar-refractivity contribution in [1.82, 2.24) is 15.1 Å². The average molecular weight is 295 g/mol. The Balaban J connectivity index is 1.67. The summed E-state index contributed by atoms with van der Waals surface area (Å²) in [6, 6.07) is 0.724. The maximum Gasteiger partial charge on any atom is 0.223 e. The highest BCUT2D eigenvalue weighted by atomic mass is 16.2. The van der Waals surface area contributed by atoms with Crippen LogP contribution in [0.25, 0.3) is 0 Å². The highest BCUT2D eigenvalue weighted by Crippen LogP contribution is 2.21. The van der Waals surface area contributed by atoms with E-state index in [4.69, 9.17) is 0 Å². The van der Waals surface area contributed by atoms with E-state index < -0.39 is 0 Å². The molecule has 2 fully saturated rings. The van der Waals surface area contributed by atoms with Crippen LogP contribution in [0.4, 0.5) is 0 Å². The van der Waals surface area contributed by atoms with Gasteiger partial charge in [0.05, 0.1) is 0 Å². The maximum absolute atomic E-state index is 12.2. The summed E-state index contributed by atoms with van der Waals surface area (Å²) in [5, 5.41) is 3.40. The highest BCUT2D eigenvalue weighted by molar-refractivity contribution is 5.76. The molecule has 1 amide bonds. The van der Waals surface area contributed by atoms with Gasteiger partial charge in [-0.15, -0.1) is 0 Å². The van der Waals surface area contributed by atoms with Crippen molar-refractivity contribution in [3.8, 4) is 0 Å². The number of nitrogens with zero attached hydrogens (tertiary/aromatic N) is 2. The lowest BCUT2D eigenvalue weighted by Gasteiger charge is -2.40. The molecule has 21 heavy (non-hydrogen) atoms. The predicted octanol–water partition coefficient (Wildman–Crippen LogP) is 2.24. The molecule has 0 aromatic heterocycles. The maximum atomic E-state index is 12.2. The van der Waals surface area contributed by atoms with Crippen molar-refractivity contribution in [1.29, 1.82) is 0 Å². The standard InChI is InChI=1S/C17H33N3O/c1-17(2,3)18-10-7-16(21)20-13-8-15(9-14-20)19-11-5-4-6-12-19/h15,18H,4-14H2,1-3H3. The summed E-state index contributed by atoms with van der Waals surface area (Å²) in [6.45, 7) is 11.7. The van der Waals surface area contributed by atoms with Gasteiger partial charge in [-0.25, -0.2) is 0 Å². The average Bonchev–Trinajstić information content (AvgIpc) is 2.47. The van der Waals surface area contributed by atoms with E-state index in [0.29, 0.717) is 12.3 Å². The second-order valence-corrected chi connectivity index (χ2v) is 7.64. The first kappa shape index (κ1) is 16.8. The van der Waals surface area contributed by atoms with Crippen LogP contribution in [0.3, 0.4) is 0 Å². The molecule has 2 heterocycles. The molecule has 0 atom stereocenters. The number of nitrogens with one attached hydrogen (secondary N) is 1. The minimum absolute atomic E-state index is 0.0987. The summed E-state index contributed by atoms with van der Waals surface area (Å²) in [4.78, 5) is 17.0. The molecule has 0 radical (unpaired) electrons. The van der Waals surface area contributed by atoms with Crippen LogP contribution in [-0.2, 0) is 4.79 Å². The second-order valence-electron chi connectivity index (χ2n) is 7.64. The molecule has 0 saturated carbocycles. The molecule has 0 unspecified atom stereocenters. The van der Waals surface area contributed by atoms with Gasteiger partial charge in [0.15, 0.2) is 0 Å². The van der Waals surface area contributed by atoms with Crippen LogP contribution >= 0.6 is 0 Å². The Bertz CT molecular complexity index is 323. The van der Waals surface area contributed by atoms with E-state index in [0.717, 1.165) is 25.7 Å². The summed E-state index contributed by atoms with van der Waals surface area (Å²) in [7, 11) is 0. The fourth-order valence-corrected chi connectivity index (χ4v) is 3.47. The SMILES string of the molecule is CC(C)(C)NCCC(=O)N1CCC(N2CCCCC2)CC1. The molecule has 0 aliphatic carbocycles. The molecule has 4 heteroatoms. The van der Waals surface area contributed by atoms with Gasteiger partial charge in [-0.05, 0) is 59.5 Å². The summed E-state index contributed by atoms with van der Waals surface area (Å²) in [5.74, 6) is 0.323. The summed E-state index contributed by atoms with van der Waals surface area (Å²) in [6.07, 6.45) is 7.08. The zero-order valence-corrected chi connectivity index (χ0v) is 14.2. The Morgan fingerprint density at radius 1 is 1.05 bits per heavy atom. The third kappa shape index (κ3) is 5.59. The normalized spacial score (nSPS) is 22.5. The third-order valence-electron chi connectivity index (χ3n) is 4.72. The van der Waals surface area contributed by atoms with E-state index in [1.165, 1.54) is 45.2 Å². The van der Waals surface area contributed by atoms with Gasteiger partial charge in [0.25, 0.3) is 0 Å². The molecule has 2 saturated heterocycles. The van der Waals surface area contributed by atoms with Gasteiger partial charge in [0, 0.05) is 37.6 Å². The molecule has 2 rings (SSSR count). The highest BCUT2D eigenvalue weighted by Gasteiger charge is 2.27. The number of hydrogen-bond acceptors (Lipinski definition) is 3. The van der Waals surface area contributed by atoms with Gasteiger partial charge in [-0.3, -0.25) is 4.79 Å². The molecule has 2 aliphatic heterocycles. The van der Waals surface area contributed by atoms with Crippen LogP contribution in [0.2, 0.25) is 0 Å². The zero-order valence-electron chi connectivity index (χ0n) is 14.2. The van der Waals surface area contributed by atoms with Crippen molar-refractivity contribution < 1.29 is 4.79 Å². The van der Waals surface area contributed by atoms with Crippen molar-refractivity contribution in [3.05, 3.63) is 0 Å². The lowest BCUT2D eigenvalue weighted by molar-refractivity contribution is -0.132. The number of carbonyl (C=O) groups is 1. The Labute approximate surface area is 130 Å². The molecule has 1 N–H and O–H groups in total. The van der Waals surface area contributed by atoms with Crippen molar-refractivity contribution in [2.24, 2.45) is 0 Å². The molecule has 0 aromatic carbocycles. The van der Waals surface area contributed by atoms with Crippen LogP contribution in [0.5, 0.6) is 0 Å². The lowest BCUT2D eigenvalue weighted by atomic mass is 9.99. The number of rotatable bonds is 4. The Kier molecular flexibility index (Phi) is 6.06. The number of amides is 1. The first-order valence-corrected chi connectivity index (χ1v) is 8.72. The van der Waals surface area contributed by atoms with E-state index in [1.807, 2.05) is 0 Å². The quantitative estimate of drug-likeness (QED) is 0.864. The molecule has 122 valence electrons. The Morgan fingerprint density at radius 3 is 2.24 bits per heavy atom. The molecular formula is C17H33N3O. The van der Waals surface area contributed by atoms with Gasteiger partial charge in [0.1, 0.15) is 0 Å². The minimum atomic E-state index is 0.0987. The molecule has 0 spiro atoms. The number of carbonyl (C=O) groups excluding carboxylic acids is 1. The largest absolute Gasteiger partial charge is 0.343 e. The van der Waals surface area contributed by atoms with Gasteiger partial charge >= 0.3 is 0 Å². The summed E-state index contributed by atoms with van der Waals surface area (Å²) >= 11 is 0. The van der Waals surface area contributed by atoms with Gasteiger partial charge in [-0.1, -0.05) is 6.42 Å². The summed E-state index contributed by atoms with van der Waals surface area (Å²) < 4.78 is 0. The van der Waals surface area contributed by atoms with Crippen molar-refractivity contribution in [2.45, 2.75) is 70.9 Å². The van der Waals surface area contributed by atoms with Crippen LogP contribution < -0.4 is 5.32 Å². The first-order chi connectivity index (χ1) is 9.96. The van der Waals surface area contributed by atoms with Crippen molar-refractivity contribution >= 4 is 5.91 Å². The Morgan fingerprint density at radius 2 is 1.67 bits per heavy atom. The Hall–Kier alpha value is -0.610. The second kappa shape index (κ2) is 7.59. The van der Waals surface area contributed by atoms with Gasteiger partial charge in [0.2, 0.25) is 5.91 Å². The van der Waals surface area contributed by atoms with Crippen molar-refractivity contribution in [3.63, 3.8) is 0 Å². The van der Waals surface area contributed by atoms with Gasteiger partial charge in [-0.2, -0.15) is 0 Å². The zero-order chi connectivity index (χ0) is 15.3. The smallest absolute Gasteiger partial charge is 0.223 e. The summed E-state index contributed by atoms with van der Waals surface area (Å²) in [5.41, 5.74) is 0.0987. The fraction of sp³-hybridized carbons (Fsp3) is 0.941. The lowest BCUT2D eigenvalue weighted by Crippen LogP contribution is -2.48. The number of hydrogen-bond donors (Lipinski definition) is 1. The van der Waals surface area contributed by atoms with Crippen LogP contribution in [0.15, 0.2) is 0 Å². The van der Waals surface area contributed by atoms with Crippen molar-refractivity contribution in [2.75, 3.05) is 32.7 Å². The van der Waals surface area contributed by atoms with E-state index >= 15 is 0 Å². The molecule has 0 aromatic rings. The van der Waals surface area contributed by atoms with Crippen LogP contribution in [-0.4, -0.2) is 60.0 Å². The fourth-order valence-electron chi connectivity index (χ4n) is 3.47. The van der Waals surface area contributed by atoms with Crippen LogP contribution in [0.1, 0.15) is 59.3 Å². The third-order valence-corrected chi connectivity index (χ3v) is 4.72. The topological polar surface area (TPSA) is 35.6 Å². The monoisotopic (exact) mass is 295 g/mol. The molecule has 4 nitrogen and oxygen atoms in total. The van der Waals surface area contributed by atoms with Gasteiger partial charge < -0.3 is 15.1 Å². The predicted molar refractivity (Wildman–Crippen MR) is 87.4 cm³/mol. The molecule has 2 aliphatic rings. The number of piperidine rings is 2.